The number of aromatic nitrogens is 1. The van der Waals surface area contributed by atoms with Gasteiger partial charge in [0.15, 0.2) is 0 Å². The standard InChI is InChI=1S/C16H11F4NO2S/c1-10-2-5-12(6-3-10)24(22,23)21-9-14(16(18,19)20)13-8-11(17)4-7-15(13)21/h2-9H,1H3. The lowest BCUT2D eigenvalue weighted by molar-refractivity contribution is -0.136. The molecule has 0 aliphatic rings. The Labute approximate surface area is 135 Å². The van der Waals surface area contributed by atoms with Crippen molar-refractivity contribution in [3.63, 3.8) is 0 Å². The quantitative estimate of drug-likeness (QED) is 0.640. The van der Waals surface area contributed by atoms with Crippen molar-refractivity contribution in [2.24, 2.45) is 0 Å². The Morgan fingerprint density at radius 3 is 2.21 bits per heavy atom. The second kappa shape index (κ2) is 5.34. The second-order valence-corrected chi connectivity index (χ2v) is 7.13. The molecule has 1 heterocycles. The van der Waals surface area contributed by atoms with Crippen molar-refractivity contribution >= 4 is 20.9 Å². The zero-order valence-electron chi connectivity index (χ0n) is 12.3. The SMILES string of the molecule is Cc1ccc(S(=O)(=O)n2cc(C(F)(F)F)c3cc(F)ccc32)cc1. The molecule has 0 fully saturated rings. The van der Waals surface area contributed by atoms with Gasteiger partial charge in [-0.15, -0.1) is 0 Å². The summed E-state index contributed by atoms with van der Waals surface area (Å²) >= 11 is 0. The zero-order valence-corrected chi connectivity index (χ0v) is 13.1. The maximum Gasteiger partial charge on any atom is 0.418 e. The molecule has 0 saturated heterocycles. The Bertz CT molecular complexity index is 1020. The topological polar surface area (TPSA) is 39.1 Å². The van der Waals surface area contributed by atoms with Crippen LogP contribution in [0.5, 0.6) is 0 Å². The van der Waals surface area contributed by atoms with Crippen LogP contribution < -0.4 is 0 Å². The second-order valence-electron chi connectivity index (χ2n) is 5.32. The minimum atomic E-state index is -4.81. The maximum absolute atomic E-state index is 13.4. The normalized spacial score (nSPS) is 12.7. The van der Waals surface area contributed by atoms with Gasteiger partial charge in [0.2, 0.25) is 0 Å². The van der Waals surface area contributed by atoms with E-state index in [4.69, 9.17) is 0 Å². The third-order valence-electron chi connectivity index (χ3n) is 3.62. The van der Waals surface area contributed by atoms with Crippen molar-refractivity contribution in [3.05, 3.63) is 65.6 Å². The smallest absolute Gasteiger partial charge is 0.241 e. The van der Waals surface area contributed by atoms with Crippen molar-refractivity contribution in [1.82, 2.24) is 3.97 Å². The van der Waals surface area contributed by atoms with Crippen LogP contribution in [0.1, 0.15) is 11.1 Å². The minimum Gasteiger partial charge on any atom is -0.241 e. The van der Waals surface area contributed by atoms with Crippen LogP contribution in [-0.2, 0) is 16.2 Å². The first-order valence-electron chi connectivity index (χ1n) is 6.81. The Morgan fingerprint density at radius 1 is 1.00 bits per heavy atom. The van der Waals surface area contributed by atoms with Crippen molar-refractivity contribution in [3.8, 4) is 0 Å². The molecule has 1 aromatic heterocycles. The van der Waals surface area contributed by atoms with E-state index in [-0.39, 0.29) is 10.4 Å². The van der Waals surface area contributed by atoms with Gasteiger partial charge in [-0.25, -0.2) is 16.8 Å². The van der Waals surface area contributed by atoms with Crippen molar-refractivity contribution in [2.45, 2.75) is 18.0 Å². The molecule has 0 amide bonds. The maximum atomic E-state index is 13.4. The highest BCUT2D eigenvalue weighted by atomic mass is 32.2. The molecule has 0 saturated carbocycles. The van der Waals surface area contributed by atoms with E-state index in [1.54, 1.807) is 19.1 Å². The Morgan fingerprint density at radius 2 is 1.62 bits per heavy atom. The molecule has 3 aromatic rings. The number of benzene rings is 2. The van der Waals surface area contributed by atoms with Crippen LogP contribution in [0.3, 0.4) is 0 Å². The molecule has 2 aromatic carbocycles. The summed E-state index contributed by atoms with van der Waals surface area (Å²) < 4.78 is 78.8. The van der Waals surface area contributed by atoms with Crippen LogP contribution in [0.15, 0.2) is 53.6 Å². The molecule has 3 nitrogen and oxygen atoms in total. The number of hydrogen-bond donors (Lipinski definition) is 0. The van der Waals surface area contributed by atoms with E-state index in [1.165, 1.54) is 12.1 Å². The summed E-state index contributed by atoms with van der Waals surface area (Å²) in [5.41, 5.74) is -0.624. The van der Waals surface area contributed by atoms with Gasteiger partial charge in [-0.05, 0) is 37.3 Å². The fraction of sp³-hybridized carbons (Fsp3) is 0.125. The third-order valence-corrected chi connectivity index (χ3v) is 5.30. The molecule has 0 aliphatic carbocycles. The van der Waals surface area contributed by atoms with E-state index in [2.05, 4.69) is 0 Å². The lowest BCUT2D eigenvalue weighted by Gasteiger charge is -2.08. The fourth-order valence-corrected chi connectivity index (χ4v) is 3.79. The van der Waals surface area contributed by atoms with Gasteiger partial charge in [0.25, 0.3) is 10.0 Å². The summed E-state index contributed by atoms with van der Waals surface area (Å²) in [7, 11) is -4.24. The summed E-state index contributed by atoms with van der Waals surface area (Å²) in [5, 5.41) is -0.502. The molecule has 0 spiro atoms. The van der Waals surface area contributed by atoms with Crippen molar-refractivity contribution < 1.29 is 26.0 Å². The Kier molecular flexibility index (Phi) is 3.67. The van der Waals surface area contributed by atoms with E-state index >= 15 is 0 Å². The molecule has 0 atom stereocenters. The van der Waals surface area contributed by atoms with Crippen LogP contribution in [0.25, 0.3) is 10.9 Å². The highest BCUT2D eigenvalue weighted by molar-refractivity contribution is 7.90. The first kappa shape index (κ1) is 16.5. The molecule has 0 radical (unpaired) electrons. The predicted octanol–water partition coefficient (Wildman–Crippen LogP) is 4.34. The zero-order chi connectivity index (χ0) is 17.7. The largest absolute Gasteiger partial charge is 0.418 e. The van der Waals surface area contributed by atoms with E-state index in [9.17, 15) is 26.0 Å². The van der Waals surface area contributed by atoms with E-state index in [0.717, 1.165) is 17.7 Å². The van der Waals surface area contributed by atoms with Crippen molar-refractivity contribution in [2.75, 3.05) is 0 Å². The van der Waals surface area contributed by atoms with Gasteiger partial charge in [0.05, 0.1) is 16.0 Å². The van der Waals surface area contributed by atoms with E-state index in [0.29, 0.717) is 16.2 Å². The number of rotatable bonds is 2. The van der Waals surface area contributed by atoms with Crippen LogP contribution >= 0.6 is 0 Å². The van der Waals surface area contributed by atoms with Gasteiger partial charge in [-0.2, -0.15) is 13.2 Å². The summed E-state index contributed by atoms with van der Waals surface area (Å²) in [5.74, 6) is -0.876. The minimum absolute atomic E-state index is 0.150. The highest BCUT2D eigenvalue weighted by Crippen LogP contribution is 2.37. The fourth-order valence-electron chi connectivity index (χ4n) is 2.42. The third kappa shape index (κ3) is 2.66. The molecule has 0 aliphatic heterocycles. The molecular formula is C16H11F4NO2S. The average molecular weight is 357 g/mol. The van der Waals surface area contributed by atoms with Gasteiger partial charge in [-0.3, -0.25) is 0 Å². The van der Waals surface area contributed by atoms with E-state index < -0.39 is 33.0 Å². The average Bonchev–Trinajstić information content (AvgIpc) is 2.87. The Hall–Kier alpha value is -2.35. The first-order chi connectivity index (χ1) is 11.1. The summed E-state index contributed by atoms with van der Waals surface area (Å²) in [6.07, 6.45) is -4.32. The first-order valence-corrected chi connectivity index (χ1v) is 8.25. The molecular weight excluding hydrogens is 346 g/mol. The summed E-state index contributed by atoms with van der Waals surface area (Å²) in [4.78, 5) is -0.150. The molecule has 0 N–H and O–H groups in total. The molecule has 126 valence electrons. The van der Waals surface area contributed by atoms with Gasteiger partial charge < -0.3 is 0 Å². The number of hydrogen-bond acceptors (Lipinski definition) is 2. The lowest BCUT2D eigenvalue weighted by Crippen LogP contribution is -2.12. The van der Waals surface area contributed by atoms with Crippen LogP contribution in [0.2, 0.25) is 0 Å². The lowest BCUT2D eigenvalue weighted by atomic mass is 10.1. The molecule has 0 bridgehead atoms. The summed E-state index contributed by atoms with van der Waals surface area (Å²) in [6.45, 7) is 1.76. The van der Waals surface area contributed by atoms with Gasteiger partial charge >= 0.3 is 6.18 Å². The molecule has 24 heavy (non-hydrogen) atoms. The van der Waals surface area contributed by atoms with Crippen LogP contribution in [0, 0.1) is 12.7 Å². The number of halogens is 4. The number of alkyl halides is 3. The number of aryl methyl sites for hydroxylation is 1. The Balaban J connectivity index is 2.32. The summed E-state index contributed by atoms with van der Waals surface area (Å²) in [6, 6.07) is 8.33. The number of nitrogens with zero attached hydrogens (tertiary/aromatic N) is 1. The predicted molar refractivity (Wildman–Crippen MR) is 80.7 cm³/mol. The van der Waals surface area contributed by atoms with Crippen LogP contribution in [-0.4, -0.2) is 12.4 Å². The van der Waals surface area contributed by atoms with E-state index in [1.807, 2.05) is 0 Å². The monoisotopic (exact) mass is 357 g/mol. The van der Waals surface area contributed by atoms with Gasteiger partial charge in [-0.1, -0.05) is 17.7 Å². The van der Waals surface area contributed by atoms with Crippen molar-refractivity contribution in [1.29, 1.82) is 0 Å². The molecule has 8 heteroatoms. The van der Waals surface area contributed by atoms with Gasteiger partial charge in [0, 0.05) is 11.6 Å². The number of fused-ring (bicyclic) bond motifs is 1. The van der Waals surface area contributed by atoms with Gasteiger partial charge in [0.1, 0.15) is 5.82 Å². The highest BCUT2D eigenvalue weighted by Gasteiger charge is 2.36. The molecule has 3 rings (SSSR count). The van der Waals surface area contributed by atoms with Crippen LogP contribution in [0.4, 0.5) is 17.6 Å². The molecule has 0 unspecified atom stereocenters.